The first kappa shape index (κ1) is 25.0. The Bertz CT molecular complexity index is 1340. The van der Waals surface area contributed by atoms with Gasteiger partial charge >= 0.3 is 11.9 Å². The van der Waals surface area contributed by atoms with Crippen LogP contribution in [0.3, 0.4) is 0 Å². The molecule has 0 bridgehead atoms. The Hall–Kier alpha value is -3.69. The predicted octanol–water partition coefficient (Wildman–Crippen LogP) is 3.84. The van der Waals surface area contributed by atoms with Crippen LogP contribution in [0.25, 0.3) is 11.1 Å². The van der Waals surface area contributed by atoms with Gasteiger partial charge in [0.25, 0.3) is 0 Å². The zero-order valence-electron chi connectivity index (χ0n) is 21.4. The molecule has 1 spiro atoms. The number of ketones is 1. The van der Waals surface area contributed by atoms with Gasteiger partial charge in [-0.2, -0.15) is 0 Å². The van der Waals surface area contributed by atoms with Gasteiger partial charge in [-0.05, 0) is 75.4 Å². The maximum absolute atomic E-state index is 14.4. The smallest absolute Gasteiger partial charge is 0.381 e. The van der Waals surface area contributed by atoms with Gasteiger partial charge in [-0.15, -0.1) is 0 Å². The number of quaternary nitrogens is 1. The summed E-state index contributed by atoms with van der Waals surface area (Å²) < 4.78 is -0.403. The molecule has 5 rings (SSSR count). The van der Waals surface area contributed by atoms with Gasteiger partial charge in [0.1, 0.15) is 17.4 Å². The first-order valence-electron chi connectivity index (χ1n) is 12.7. The molecule has 3 aliphatic rings. The summed E-state index contributed by atoms with van der Waals surface area (Å²) in [5.74, 6) is -0.918. The standard InChI is InChI=1S/C28H31N5O4/c1-17(2)33(24-21(16-32-33)13-28(14-23(24)34)8-10-30-11-9-28)26(35)22-12-20(15-31-25(22)29-3)18-4-6-19(7-5-18)27(36)37/h4-7,12,15-17,30H,8-11,13-14H2,1-3H3,(H-,29,31,35,36,37)/p+1. The number of nitrogens with zero attached hydrogens (tertiary/aromatic N) is 3. The zero-order valence-corrected chi connectivity index (χ0v) is 21.4. The molecule has 1 saturated heterocycles. The Kier molecular flexibility index (Phi) is 6.29. The van der Waals surface area contributed by atoms with Crippen molar-refractivity contribution in [3.63, 3.8) is 0 Å². The number of carboxylic acid groups (broad SMARTS) is 1. The Labute approximate surface area is 215 Å². The van der Waals surface area contributed by atoms with E-state index in [9.17, 15) is 19.5 Å². The highest BCUT2D eigenvalue weighted by molar-refractivity contribution is 6.07. The molecule has 0 radical (unpaired) electrons. The third-order valence-electron chi connectivity index (χ3n) is 7.95. The third-order valence-corrected chi connectivity index (χ3v) is 7.95. The highest BCUT2D eigenvalue weighted by Gasteiger charge is 2.57. The van der Waals surface area contributed by atoms with Crippen molar-refractivity contribution >= 4 is 29.7 Å². The van der Waals surface area contributed by atoms with Gasteiger partial charge < -0.3 is 15.7 Å². The van der Waals surface area contributed by atoms with E-state index in [-0.39, 0.29) is 28.7 Å². The van der Waals surface area contributed by atoms with Crippen LogP contribution in [-0.2, 0) is 4.79 Å². The fourth-order valence-corrected chi connectivity index (χ4v) is 5.95. The molecule has 1 aliphatic carbocycles. The van der Waals surface area contributed by atoms with Crippen LogP contribution in [0.5, 0.6) is 0 Å². The van der Waals surface area contributed by atoms with Crippen LogP contribution in [0.1, 0.15) is 60.2 Å². The molecule has 1 unspecified atom stereocenters. The van der Waals surface area contributed by atoms with Crippen molar-refractivity contribution in [1.29, 1.82) is 0 Å². The molecule has 1 fully saturated rings. The fraction of sp³-hybridized carbons (Fsp3) is 0.393. The van der Waals surface area contributed by atoms with E-state index in [1.54, 1.807) is 37.7 Å². The quantitative estimate of drug-likeness (QED) is 0.531. The van der Waals surface area contributed by atoms with Crippen molar-refractivity contribution in [2.75, 3.05) is 25.5 Å². The Morgan fingerprint density at radius 3 is 2.43 bits per heavy atom. The number of amides is 1. The molecule has 9 nitrogen and oxygen atoms in total. The maximum Gasteiger partial charge on any atom is 0.381 e. The number of hydrogen-bond acceptors (Lipinski definition) is 7. The van der Waals surface area contributed by atoms with E-state index in [1.165, 1.54) is 12.1 Å². The van der Waals surface area contributed by atoms with E-state index >= 15 is 0 Å². The van der Waals surface area contributed by atoms with Crippen molar-refractivity contribution in [2.45, 2.75) is 45.6 Å². The van der Waals surface area contributed by atoms with E-state index in [1.807, 2.05) is 13.8 Å². The molecule has 2 aromatic rings. The number of piperidine rings is 1. The van der Waals surface area contributed by atoms with Gasteiger partial charge in [0.05, 0.1) is 11.8 Å². The normalized spacial score (nSPS) is 22.4. The molecule has 1 amide bonds. The number of Topliss-reactive ketones (excluding diaryl/α,β-unsaturated/α-hetero) is 1. The fourth-order valence-electron chi connectivity index (χ4n) is 5.95. The van der Waals surface area contributed by atoms with E-state index in [0.717, 1.165) is 43.5 Å². The van der Waals surface area contributed by atoms with Gasteiger partial charge in [0.2, 0.25) is 11.5 Å². The summed E-state index contributed by atoms with van der Waals surface area (Å²) in [6.07, 6.45) is 6.46. The second-order valence-corrected chi connectivity index (χ2v) is 10.5. The first-order valence-corrected chi connectivity index (χ1v) is 12.7. The number of benzene rings is 1. The van der Waals surface area contributed by atoms with Crippen LogP contribution in [-0.4, -0.2) is 64.7 Å². The zero-order chi connectivity index (χ0) is 26.4. The van der Waals surface area contributed by atoms with Crippen molar-refractivity contribution in [1.82, 2.24) is 10.3 Å². The molecule has 9 heteroatoms. The lowest BCUT2D eigenvalue weighted by Crippen LogP contribution is -2.54. The highest BCUT2D eigenvalue weighted by Crippen LogP contribution is 2.49. The molecule has 2 aliphatic heterocycles. The van der Waals surface area contributed by atoms with Crippen molar-refractivity contribution in [3.05, 3.63) is 58.9 Å². The molecule has 3 N–H and O–H groups in total. The monoisotopic (exact) mass is 502 g/mol. The summed E-state index contributed by atoms with van der Waals surface area (Å²) >= 11 is 0. The van der Waals surface area contributed by atoms with Gasteiger partial charge in [-0.1, -0.05) is 21.8 Å². The van der Waals surface area contributed by atoms with Gasteiger partial charge in [0.15, 0.2) is 0 Å². The number of carboxylic acids is 1. The van der Waals surface area contributed by atoms with Crippen LogP contribution < -0.4 is 10.6 Å². The maximum atomic E-state index is 14.4. The average molecular weight is 503 g/mol. The summed E-state index contributed by atoms with van der Waals surface area (Å²) in [4.78, 5) is 43.9. The molecule has 37 heavy (non-hydrogen) atoms. The first-order chi connectivity index (χ1) is 17.7. The molecule has 1 atom stereocenters. The Morgan fingerprint density at radius 1 is 1.11 bits per heavy atom. The number of allylic oxidation sites excluding steroid dienone is 2. The number of aromatic carboxylic acids is 1. The number of carbonyl (C=O) groups excluding carboxylic acids is 2. The molecule has 1 aromatic carbocycles. The third kappa shape index (κ3) is 4.08. The number of carbonyl (C=O) groups is 3. The number of aromatic nitrogens is 1. The lowest BCUT2D eigenvalue weighted by molar-refractivity contribution is -0.833. The summed E-state index contributed by atoms with van der Waals surface area (Å²) in [6.45, 7) is 5.61. The van der Waals surface area contributed by atoms with Crippen molar-refractivity contribution in [2.24, 2.45) is 10.5 Å². The lowest BCUT2D eigenvalue weighted by Gasteiger charge is -2.41. The largest absolute Gasteiger partial charge is 0.478 e. The second kappa shape index (κ2) is 9.32. The Morgan fingerprint density at radius 2 is 1.81 bits per heavy atom. The summed E-state index contributed by atoms with van der Waals surface area (Å²) in [5.41, 5.74) is 3.21. The summed E-state index contributed by atoms with van der Waals surface area (Å²) in [7, 11) is 1.70. The van der Waals surface area contributed by atoms with Crippen LogP contribution in [0.15, 0.2) is 52.9 Å². The van der Waals surface area contributed by atoms with Gasteiger partial charge in [-0.3, -0.25) is 4.79 Å². The Balaban J connectivity index is 1.57. The number of rotatable bonds is 5. The lowest BCUT2D eigenvalue weighted by atomic mass is 9.67. The SMILES string of the molecule is CNc1ncc(-c2ccc(C(=O)O)cc2)cc1C(=O)[N+]1(C(C)C)N=CC2=C1C(=O)CC1(CCNCC1)C2. The van der Waals surface area contributed by atoms with E-state index in [4.69, 9.17) is 5.10 Å². The number of hydrogen-bond donors (Lipinski definition) is 3. The van der Waals surface area contributed by atoms with E-state index in [2.05, 4.69) is 15.6 Å². The molecular weight excluding hydrogens is 470 g/mol. The van der Waals surface area contributed by atoms with Crippen LogP contribution in [0.2, 0.25) is 0 Å². The minimum Gasteiger partial charge on any atom is -0.478 e. The van der Waals surface area contributed by atoms with Crippen LogP contribution >= 0.6 is 0 Å². The molecule has 3 heterocycles. The summed E-state index contributed by atoms with van der Waals surface area (Å²) in [5, 5.41) is 20.4. The average Bonchev–Trinajstić information content (AvgIpc) is 3.29. The van der Waals surface area contributed by atoms with E-state index < -0.39 is 10.6 Å². The molecular formula is C28H32N5O4+. The highest BCUT2D eigenvalue weighted by atomic mass is 16.4. The topological polar surface area (TPSA) is 121 Å². The van der Waals surface area contributed by atoms with Crippen LogP contribution in [0, 0.1) is 5.41 Å². The van der Waals surface area contributed by atoms with E-state index in [0.29, 0.717) is 29.1 Å². The number of anilines is 1. The van der Waals surface area contributed by atoms with Gasteiger partial charge in [-0.25, -0.2) is 14.6 Å². The molecule has 192 valence electrons. The van der Waals surface area contributed by atoms with Crippen LogP contribution in [0.4, 0.5) is 5.82 Å². The minimum atomic E-state index is -1.01. The number of nitrogens with one attached hydrogen (secondary N) is 2. The molecule has 0 saturated carbocycles. The predicted molar refractivity (Wildman–Crippen MR) is 140 cm³/mol. The summed E-state index contributed by atoms with van der Waals surface area (Å²) in [6, 6.07) is 7.87. The van der Waals surface area contributed by atoms with Crippen molar-refractivity contribution in [3.8, 4) is 11.1 Å². The minimum absolute atomic E-state index is 0.00193. The van der Waals surface area contributed by atoms with Crippen molar-refractivity contribution < 1.29 is 24.1 Å². The second-order valence-electron chi connectivity index (χ2n) is 10.5. The molecule has 1 aromatic heterocycles. The van der Waals surface area contributed by atoms with Gasteiger partial charge in [0, 0.05) is 30.8 Å². The number of pyridine rings is 1.